The molecular formula is C20H23FN4O. The van der Waals surface area contributed by atoms with Crippen molar-refractivity contribution in [3.05, 3.63) is 52.9 Å². The second kappa shape index (κ2) is 7.66. The number of carbonyl (C=O) groups excluding carboxylic acids is 1. The van der Waals surface area contributed by atoms with Gasteiger partial charge in [0.25, 0.3) is 5.91 Å². The summed E-state index contributed by atoms with van der Waals surface area (Å²) in [4.78, 5) is 21.9. The Labute approximate surface area is 152 Å². The van der Waals surface area contributed by atoms with Crippen LogP contribution < -0.4 is 5.32 Å². The van der Waals surface area contributed by atoms with Gasteiger partial charge in [0.2, 0.25) is 0 Å². The van der Waals surface area contributed by atoms with E-state index >= 15 is 0 Å². The van der Waals surface area contributed by atoms with Gasteiger partial charge in [-0.3, -0.25) is 4.79 Å². The monoisotopic (exact) mass is 354 g/mol. The minimum absolute atomic E-state index is 0.244. The Hall–Kier alpha value is -2.73. The molecule has 2 aromatic rings. The zero-order valence-electron chi connectivity index (χ0n) is 15.3. The number of imidazole rings is 1. The standard InChI is InChI=1S/C20H23FN4O/c1-4-25(5-2)10-6-7-14-16(21)8-9-17-19(14)15(20(26)24-17)11-18-13(3)22-12-23-18/h6-9,11-12H,4-5,10H2,1-3H3,(H,22,23)(H,24,26)/b7-6?,15-11-. The molecule has 0 unspecified atom stereocenters. The van der Waals surface area contributed by atoms with E-state index in [1.807, 2.05) is 13.0 Å². The second-order valence-corrected chi connectivity index (χ2v) is 6.20. The van der Waals surface area contributed by atoms with Crippen molar-refractivity contribution >= 4 is 29.3 Å². The topological polar surface area (TPSA) is 61.0 Å². The van der Waals surface area contributed by atoms with E-state index in [1.54, 1.807) is 24.5 Å². The smallest absolute Gasteiger partial charge is 0.256 e. The summed E-state index contributed by atoms with van der Waals surface area (Å²) in [7, 11) is 0. The molecule has 0 spiro atoms. The van der Waals surface area contributed by atoms with Gasteiger partial charge in [-0.2, -0.15) is 0 Å². The maximum Gasteiger partial charge on any atom is 0.256 e. The van der Waals surface area contributed by atoms with E-state index in [1.165, 1.54) is 6.07 Å². The fourth-order valence-electron chi connectivity index (χ4n) is 3.05. The predicted octanol–water partition coefficient (Wildman–Crippen LogP) is 3.70. The van der Waals surface area contributed by atoms with Crippen molar-refractivity contribution in [2.45, 2.75) is 20.8 Å². The van der Waals surface area contributed by atoms with Crippen LogP contribution in [-0.4, -0.2) is 40.4 Å². The summed E-state index contributed by atoms with van der Waals surface area (Å²) in [6.45, 7) is 8.65. The number of nitrogens with one attached hydrogen (secondary N) is 2. The van der Waals surface area contributed by atoms with Gasteiger partial charge in [0.1, 0.15) is 5.82 Å². The predicted molar refractivity (Wildman–Crippen MR) is 103 cm³/mol. The summed E-state index contributed by atoms with van der Waals surface area (Å²) < 4.78 is 14.5. The first kappa shape index (κ1) is 18.1. The first-order valence-electron chi connectivity index (χ1n) is 8.79. The molecule has 1 amide bonds. The highest BCUT2D eigenvalue weighted by atomic mass is 19.1. The van der Waals surface area contributed by atoms with Crippen molar-refractivity contribution < 1.29 is 9.18 Å². The molecule has 2 N–H and O–H groups in total. The molecule has 5 nitrogen and oxygen atoms in total. The number of aromatic nitrogens is 2. The van der Waals surface area contributed by atoms with Gasteiger partial charge in [0.05, 0.1) is 17.6 Å². The molecule has 0 aliphatic carbocycles. The summed E-state index contributed by atoms with van der Waals surface area (Å²) in [5.74, 6) is -0.591. The van der Waals surface area contributed by atoms with Crippen molar-refractivity contribution in [1.29, 1.82) is 0 Å². The van der Waals surface area contributed by atoms with Crippen molar-refractivity contribution in [3.63, 3.8) is 0 Å². The van der Waals surface area contributed by atoms with E-state index in [0.717, 1.165) is 25.3 Å². The van der Waals surface area contributed by atoms with E-state index in [9.17, 15) is 9.18 Å². The Morgan fingerprint density at radius 2 is 2.04 bits per heavy atom. The molecule has 0 radical (unpaired) electrons. The third-order valence-corrected chi connectivity index (χ3v) is 4.65. The molecular weight excluding hydrogens is 331 g/mol. The summed E-state index contributed by atoms with van der Waals surface area (Å²) in [5, 5.41) is 2.81. The number of nitrogens with zero attached hydrogens (tertiary/aromatic N) is 2. The zero-order valence-corrected chi connectivity index (χ0v) is 15.3. The van der Waals surface area contributed by atoms with Gasteiger partial charge >= 0.3 is 0 Å². The first-order chi connectivity index (χ1) is 12.5. The number of aryl methyl sites for hydroxylation is 1. The number of rotatable bonds is 6. The number of anilines is 1. The van der Waals surface area contributed by atoms with Crippen LogP contribution >= 0.6 is 0 Å². The highest BCUT2D eigenvalue weighted by molar-refractivity contribution is 6.35. The number of carbonyl (C=O) groups is 1. The van der Waals surface area contributed by atoms with Crippen molar-refractivity contribution in [2.75, 3.05) is 25.0 Å². The highest BCUT2D eigenvalue weighted by Gasteiger charge is 2.28. The van der Waals surface area contributed by atoms with Gasteiger partial charge in [-0.05, 0) is 38.2 Å². The van der Waals surface area contributed by atoms with E-state index < -0.39 is 0 Å². The van der Waals surface area contributed by atoms with Crippen LogP contribution in [0.1, 0.15) is 36.4 Å². The number of benzene rings is 1. The number of likely N-dealkylation sites (N-methyl/N-ethyl adjacent to an activating group) is 1. The minimum atomic E-state index is -0.347. The van der Waals surface area contributed by atoms with E-state index in [-0.39, 0.29) is 11.7 Å². The van der Waals surface area contributed by atoms with Crippen LogP contribution in [0.25, 0.3) is 17.7 Å². The Bertz CT molecular complexity index is 878. The van der Waals surface area contributed by atoms with Gasteiger partial charge in [-0.25, -0.2) is 9.37 Å². The molecule has 1 aliphatic rings. The van der Waals surface area contributed by atoms with Crippen LogP contribution in [0.3, 0.4) is 0 Å². The lowest BCUT2D eigenvalue weighted by atomic mass is 9.98. The highest BCUT2D eigenvalue weighted by Crippen LogP contribution is 2.37. The van der Waals surface area contributed by atoms with E-state index in [2.05, 4.69) is 34.0 Å². The summed E-state index contributed by atoms with van der Waals surface area (Å²) >= 11 is 0. The lowest BCUT2D eigenvalue weighted by Gasteiger charge is -2.15. The quantitative estimate of drug-likeness (QED) is 0.778. The molecule has 1 aromatic heterocycles. The number of hydrogen-bond acceptors (Lipinski definition) is 3. The number of H-pyrrole nitrogens is 1. The summed E-state index contributed by atoms with van der Waals surface area (Å²) in [6.07, 6.45) is 6.98. The summed E-state index contributed by atoms with van der Waals surface area (Å²) in [6, 6.07) is 2.99. The zero-order chi connectivity index (χ0) is 18.7. The van der Waals surface area contributed by atoms with Crippen LogP contribution in [0, 0.1) is 12.7 Å². The Morgan fingerprint density at radius 3 is 2.69 bits per heavy atom. The second-order valence-electron chi connectivity index (χ2n) is 6.20. The van der Waals surface area contributed by atoms with Gasteiger partial charge in [-0.15, -0.1) is 0 Å². The third kappa shape index (κ3) is 3.46. The molecule has 3 rings (SSSR count). The van der Waals surface area contributed by atoms with Crippen molar-refractivity contribution in [2.24, 2.45) is 0 Å². The van der Waals surface area contributed by atoms with Crippen LogP contribution in [-0.2, 0) is 4.79 Å². The van der Waals surface area contributed by atoms with E-state index in [4.69, 9.17) is 0 Å². The fourth-order valence-corrected chi connectivity index (χ4v) is 3.05. The average Bonchev–Trinajstić information content (AvgIpc) is 3.17. The van der Waals surface area contributed by atoms with Gasteiger partial charge in [0, 0.05) is 29.1 Å². The average molecular weight is 354 g/mol. The summed E-state index contributed by atoms with van der Waals surface area (Å²) in [5.41, 5.74) is 3.59. The molecule has 0 saturated heterocycles. The van der Waals surface area contributed by atoms with Crippen molar-refractivity contribution in [3.8, 4) is 0 Å². The van der Waals surface area contributed by atoms with Crippen molar-refractivity contribution in [1.82, 2.24) is 14.9 Å². The van der Waals surface area contributed by atoms with Gasteiger partial charge in [0.15, 0.2) is 0 Å². The third-order valence-electron chi connectivity index (χ3n) is 4.65. The molecule has 6 heteroatoms. The molecule has 0 fully saturated rings. The Kier molecular flexibility index (Phi) is 5.32. The fraction of sp³-hybridized carbons (Fsp3) is 0.300. The number of hydrogen-bond donors (Lipinski definition) is 2. The number of amides is 1. The normalized spacial score (nSPS) is 15.3. The first-order valence-corrected chi connectivity index (χ1v) is 8.79. The number of halogens is 1. The molecule has 26 heavy (non-hydrogen) atoms. The van der Waals surface area contributed by atoms with Gasteiger partial charge in [-0.1, -0.05) is 26.0 Å². The lowest BCUT2D eigenvalue weighted by Crippen LogP contribution is -2.22. The molecule has 1 aliphatic heterocycles. The molecule has 0 bridgehead atoms. The van der Waals surface area contributed by atoms with Gasteiger partial charge < -0.3 is 15.2 Å². The van der Waals surface area contributed by atoms with Crippen LogP contribution in [0.5, 0.6) is 0 Å². The number of aromatic amines is 1. The van der Waals surface area contributed by atoms with E-state index in [0.29, 0.717) is 28.1 Å². The molecule has 136 valence electrons. The number of fused-ring (bicyclic) bond motifs is 1. The maximum atomic E-state index is 14.5. The van der Waals surface area contributed by atoms with Crippen LogP contribution in [0.2, 0.25) is 0 Å². The molecule has 0 saturated carbocycles. The van der Waals surface area contributed by atoms with Crippen LogP contribution in [0.15, 0.2) is 24.5 Å². The molecule has 1 aromatic carbocycles. The van der Waals surface area contributed by atoms with Crippen LogP contribution in [0.4, 0.5) is 10.1 Å². The Balaban J connectivity index is 2.02. The largest absolute Gasteiger partial charge is 0.348 e. The molecule has 0 atom stereocenters. The minimum Gasteiger partial charge on any atom is -0.348 e. The SMILES string of the molecule is CCN(CC)CC=Cc1c(F)ccc2c1/C(=C/c1nc[nH]c1C)C(=O)N2. The lowest BCUT2D eigenvalue weighted by molar-refractivity contribution is -0.110. The molecule has 2 heterocycles. The maximum absolute atomic E-state index is 14.5. The Morgan fingerprint density at radius 1 is 1.27 bits per heavy atom.